The number of rotatable bonds is 6. The van der Waals surface area contributed by atoms with Crippen LogP contribution in [-0.4, -0.2) is 38.2 Å². The Balaban J connectivity index is 1.51. The molecule has 1 aliphatic heterocycles. The molecular formula is C18H24N4O. The Morgan fingerprint density at radius 2 is 2.04 bits per heavy atom. The fourth-order valence-electron chi connectivity index (χ4n) is 3.37. The van der Waals surface area contributed by atoms with Gasteiger partial charge in [-0.25, -0.2) is 0 Å². The normalized spacial score (nSPS) is 17.6. The fraction of sp³-hybridized carbons (Fsp3) is 0.500. The number of carbonyl (C=O) groups is 1. The van der Waals surface area contributed by atoms with E-state index in [1.807, 2.05) is 30.2 Å². The maximum Gasteiger partial charge on any atom is 0.223 e. The average Bonchev–Trinajstić information content (AvgIpc) is 3.20. The standard InChI is InChI=1S/C18H24N4O/c1-21-16(10-13-20-21)6-7-18(23)22-14-2-3-17(22)5-4-15-8-11-19-12-9-15/h8-13,17H,2-7,14H2,1H3. The van der Waals surface area contributed by atoms with E-state index in [9.17, 15) is 4.79 Å². The van der Waals surface area contributed by atoms with Crippen molar-refractivity contribution in [2.24, 2.45) is 7.05 Å². The van der Waals surface area contributed by atoms with Gasteiger partial charge < -0.3 is 4.90 Å². The van der Waals surface area contributed by atoms with Crippen LogP contribution in [0.4, 0.5) is 0 Å². The molecular weight excluding hydrogens is 288 g/mol. The van der Waals surface area contributed by atoms with Crippen molar-refractivity contribution < 1.29 is 4.79 Å². The quantitative estimate of drug-likeness (QED) is 0.823. The van der Waals surface area contributed by atoms with Crippen LogP contribution in [0.5, 0.6) is 0 Å². The van der Waals surface area contributed by atoms with Crippen molar-refractivity contribution in [1.29, 1.82) is 0 Å². The lowest BCUT2D eigenvalue weighted by atomic mass is 10.0. The molecule has 5 nitrogen and oxygen atoms in total. The second-order valence-electron chi connectivity index (χ2n) is 6.22. The monoisotopic (exact) mass is 312 g/mol. The minimum absolute atomic E-state index is 0.281. The predicted octanol–water partition coefficient (Wildman–Crippen LogP) is 2.37. The first-order valence-electron chi connectivity index (χ1n) is 8.39. The van der Waals surface area contributed by atoms with Gasteiger partial charge >= 0.3 is 0 Å². The molecule has 0 spiro atoms. The first-order valence-corrected chi connectivity index (χ1v) is 8.39. The lowest BCUT2D eigenvalue weighted by Crippen LogP contribution is -2.36. The highest BCUT2D eigenvalue weighted by Crippen LogP contribution is 2.23. The van der Waals surface area contributed by atoms with Crippen LogP contribution in [0.15, 0.2) is 36.8 Å². The van der Waals surface area contributed by atoms with Crippen LogP contribution in [-0.2, 0) is 24.7 Å². The zero-order chi connectivity index (χ0) is 16.1. The summed E-state index contributed by atoms with van der Waals surface area (Å²) in [4.78, 5) is 18.7. The van der Waals surface area contributed by atoms with Gasteiger partial charge in [0.05, 0.1) is 0 Å². The van der Waals surface area contributed by atoms with E-state index in [1.165, 1.54) is 5.56 Å². The molecule has 0 bridgehead atoms. The number of hydrogen-bond donors (Lipinski definition) is 0. The van der Waals surface area contributed by atoms with Gasteiger partial charge in [-0.3, -0.25) is 14.5 Å². The Labute approximate surface area is 137 Å². The molecule has 0 radical (unpaired) electrons. The van der Waals surface area contributed by atoms with Crippen LogP contribution in [0.2, 0.25) is 0 Å². The van der Waals surface area contributed by atoms with Gasteiger partial charge in [0.1, 0.15) is 0 Å². The molecule has 0 saturated carbocycles. The zero-order valence-corrected chi connectivity index (χ0v) is 13.7. The van der Waals surface area contributed by atoms with E-state index >= 15 is 0 Å². The molecule has 23 heavy (non-hydrogen) atoms. The maximum atomic E-state index is 12.6. The summed E-state index contributed by atoms with van der Waals surface area (Å²) in [5.74, 6) is 0.281. The summed E-state index contributed by atoms with van der Waals surface area (Å²) in [6.45, 7) is 0.908. The molecule has 0 aliphatic carbocycles. The molecule has 3 rings (SSSR count). The molecule has 5 heteroatoms. The third-order valence-corrected chi connectivity index (χ3v) is 4.73. The van der Waals surface area contributed by atoms with E-state index < -0.39 is 0 Å². The molecule has 1 atom stereocenters. The molecule has 1 aliphatic rings. The van der Waals surface area contributed by atoms with Crippen molar-refractivity contribution in [2.75, 3.05) is 6.54 Å². The van der Waals surface area contributed by atoms with Gasteiger partial charge in [0, 0.05) is 50.3 Å². The van der Waals surface area contributed by atoms with Crippen molar-refractivity contribution in [1.82, 2.24) is 19.7 Å². The number of aryl methyl sites for hydroxylation is 3. The second-order valence-corrected chi connectivity index (χ2v) is 6.22. The number of amides is 1. The van der Waals surface area contributed by atoms with E-state index in [0.717, 1.165) is 44.3 Å². The summed E-state index contributed by atoms with van der Waals surface area (Å²) in [5, 5.41) is 4.16. The molecule has 2 aromatic heterocycles. The van der Waals surface area contributed by atoms with Crippen LogP contribution >= 0.6 is 0 Å². The molecule has 0 aromatic carbocycles. The van der Waals surface area contributed by atoms with Crippen LogP contribution in [0.3, 0.4) is 0 Å². The highest BCUT2D eigenvalue weighted by molar-refractivity contribution is 5.77. The van der Waals surface area contributed by atoms with Crippen molar-refractivity contribution >= 4 is 5.91 Å². The lowest BCUT2D eigenvalue weighted by molar-refractivity contribution is -0.132. The lowest BCUT2D eigenvalue weighted by Gasteiger charge is -2.25. The van der Waals surface area contributed by atoms with Crippen LogP contribution in [0.1, 0.15) is 36.9 Å². The molecule has 2 aromatic rings. The third-order valence-electron chi connectivity index (χ3n) is 4.73. The summed E-state index contributed by atoms with van der Waals surface area (Å²) in [6.07, 6.45) is 11.1. The summed E-state index contributed by atoms with van der Waals surface area (Å²) >= 11 is 0. The van der Waals surface area contributed by atoms with Gasteiger partial charge in [-0.1, -0.05) is 0 Å². The number of likely N-dealkylation sites (tertiary alicyclic amines) is 1. The number of pyridine rings is 1. The van der Waals surface area contributed by atoms with E-state index in [0.29, 0.717) is 12.5 Å². The minimum Gasteiger partial charge on any atom is -0.340 e. The van der Waals surface area contributed by atoms with E-state index in [4.69, 9.17) is 0 Å². The summed E-state index contributed by atoms with van der Waals surface area (Å²) in [7, 11) is 1.92. The smallest absolute Gasteiger partial charge is 0.223 e. The van der Waals surface area contributed by atoms with Crippen LogP contribution in [0.25, 0.3) is 0 Å². The van der Waals surface area contributed by atoms with Gasteiger partial charge in [0.25, 0.3) is 0 Å². The van der Waals surface area contributed by atoms with Gasteiger partial charge in [-0.05, 0) is 55.9 Å². The van der Waals surface area contributed by atoms with E-state index in [1.54, 1.807) is 6.20 Å². The van der Waals surface area contributed by atoms with Crippen molar-refractivity contribution in [2.45, 2.75) is 44.6 Å². The Morgan fingerprint density at radius 3 is 2.78 bits per heavy atom. The van der Waals surface area contributed by atoms with Gasteiger partial charge in [0.2, 0.25) is 5.91 Å². The van der Waals surface area contributed by atoms with Crippen molar-refractivity contribution in [3.63, 3.8) is 0 Å². The van der Waals surface area contributed by atoms with Crippen molar-refractivity contribution in [3.8, 4) is 0 Å². The van der Waals surface area contributed by atoms with Crippen LogP contribution < -0.4 is 0 Å². The second kappa shape index (κ2) is 7.40. The molecule has 1 unspecified atom stereocenters. The fourth-order valence-corrected chi connectivity index (χ4v) is 3.37. The summed E-state index contributed by atoms with van der Waals surface area (Å²) in [6, 6.07) is 6.49. The first-order chi connectivity index (χ1) is 11.2. The van der Waals surface area contributed by atoms with Gasteiger partial charge in [-0.2, -0.15) is 5.10 Å². The molecule has 122 valence electrons. The van der Waals surface area contributed by atoms with Gasteiger partial charge in [0.15, 0.2) is 0 Å². The predicted molar refractivity (Wildman–Crippen MR) is 88.8 cm³/mol. The SMILES string of the molecule is Cn1nccc1CCC(=O)N1CCCC1CCc1ccncc1. The number of carbonyl (C=O) groups excluding carboxylic acids is 1. The molecule has 1 saturated heterocycles. The molecule has 1 fully saturated rings. The van der Waals surface area contributed by atoms with E-state index in [-0.39, 0.29) is 5.91 Å². The third kappa shape index (κ3) is 3.97. The summed E-state index contributed by atoms with van der Waals surface area (Å²) < 4.78 is 1.85. The average molecular weight is 312 g/mol. The molecule has 3 heterocycles. The number of nitrogens with zero attached hydrogens (tertiary/aromatic N) is 4. The Hall–Kier alpha value is -2.17. The Morgan fingerprint density at radius 1 is 1.22 bits per heavy atom. The molecule has 1 amide bonds. The topological polar surface area (TPSA) is 51.0 Å². The van der Waals surface area contributed by atoms with E-state index in [2.05, 4.69) is 27.1 Å². The Kier molecular flexibility index (Phi) is 5.05. The zero-order valence-electron chi connectivity index (χ0n) is 13.7. The largest absolute Gasteiger partial charge is 0.340 e. The number of aromatic nitrogens is 3. The first kappa shape index (κ1) is 15.7. The maximum absolute atomic E-state index is 12.6. The van der Waals surface area contributed by atoms with Crippen LogP contribution in [0, 0.1) is 0 Å². The highest BCUT2D eigenvalue weighted by atomic mass is 16.2. The minimum atomic E-state index is 0.281. The highest BCUT2D eigenvalue weighted by Gasteiger charge is 2.28. The summed E-state index contributed by atoms with van der Waals surface area (Å²) in [5.41, 5.74) is 2.42. The number of hydrogen-bond acceptors (Lipinski definition) is 3. The molecule has 0 N–H and O–H groups in total. The van der Waals surface area contributed by atoms with Crippen molar-refractivity contribution in [3.05, 3.63) is 48.0 Å². The Bertz CT molecular complexity index is 637. The van der Waals surface area contributed by atoms with Gasteiger partial charge in [-0.15, -0.1) is 0 Å².